The van der Waals surface area contributed by atoms with E-state index in [0.29, 0.717) is 23.4 Å². The van der Waals surface area contributed by atoms with Crippen molar-refractivity contribution in [3.8, 4) is 5.75 Å². The average Bonchev–Trinajstić information content (AvgIpc) is 2.50. The molecule has 0 saturated carbocycles. The number of aromatic nitrogens is 1. The molecule has 1 aromatic carbocycles. The molecule has 1 atom stereocenters. The molecule has 2 rings (SSSR count). The van der Waals surface area contributed by atoms with Gasteiger partial charge in [-0.25, -0.2) is 8.78 Å². The lowest BCUT2D eigenvalue weighted by Crippen LogP contribution is -2.24. The first-order valence-electron chi connectivity index (χ1n) is 6.75. The van der Waals surface area contributed by atoms with E-state index in [0.717, 1.165) is 0 Å². The van der Waals surface area contributed by atoms with E-state index in [1.165, 1.54) is 19.2 Å². The van der Waals surface area contributed by atoms with E-state index in [1.54, 1.807) is 25.4 Å². The molecule has 5 heteroatoms. The monoisotopic (exact) mass is 292 g/mol. The summed E-state index contributed by atoms with van der Waals surface area (Å²) >= 11 is 0. The number of hydrogen-bond acceptors (Lipinski definition) is 3. The fourth-order valence-corrected chi connectivity index (χ4v) is 2.24. The van der Waals surface area contributed by atoms with Crippen LogP contribution in [0.1, 0.15) is 29.7 Å². The fourth-order valence-electron chi connectivity index (χ4n) is 2.24. The van der Waals surface area contributed by atoms with Gasteiger partial charge in [-0.1, -0.05) is 13.0 Å². The summed E-state index contributed by atoms with van der Waals surface area (Å²) in [4.78, 5) is 4.06. The molecular weight excluding hydrogens is 274 g/mol. The SMILES string of the molecule is CCNC(c1cncc(OC)c1)c1c(F)ccc(C)c1F. The van der Waals surface area contributed by atoms with Crippen molar-refractivity contribution in [3.05, 3.63) is 58.9 Å². The summed E-state index contributed by atoms with van der Waals surface area (Å²) in [6.45, 7) is 4.06. The molecule has 3 nitrogen and oxygen atoms in total. The zero-order valence-electron chi connectivity index (χ0n) is 12.3. The molecular formula is C16H18F2N2O. The van der Waals surface area contributed by atoms with Crippen LogP contribution in [-0.2, 0) is 0 Å². The van der Waals surface area contributed by atoms with E-state index >= 15 is 0 Å². The summed E-state index contributed by atoms with van der Waals surface area (Å²) in [5.74, 6) is -0.570. The molecule has 1 unspecified atom stereocenters. The van der Waals surface area contributed by atoms with Crippen molar-refractivity contribution in [2.75, 3.05) is 13.7 Å². The lowest BCUT2D eigenvalue weighted by Gasteiger charge is -2.21. The fraction of sp³-hybridized carbons (Fsp3) is 0.312. The zero-order valence-corrected chi connectivity index (χ0v) is 12.3. The van der Waals surface area contributed by atoms with Gasteiger partial charge in [0, 0.05) is 11.8 Å². The summed E-state index contributed by atoms with van der Waals surface area (Å²) in [5, 5.41) is 3.10. The van der Waals surface area contributed by atoms with Crippen molar-refractivity contribution in [2.24, 2.45) is 0 Å². The van der Waals surface area contributed by atoms with Crippen molar-refractivity contribution >= 4 is 0 Å². The van der Waals surface area contributed by atoms with Gasteiger partial charge >= 0.3 is 0 Å². The Balaban J connectivity index is 2.55. The molecule has 0 saturated heterocycles. The quantitative estimate of drug-likeness (QED) is 0.917. The lowest BCUT2D eigenvalue weighted by atomic mass is 9.97. The second-order valence-electron chi connectivity index (χ2n) is 4.74. The van der Waals surface area contributed by atoms with Crippen molar-refractivity contribution in [2.45, 2.75) is 19.9 Å². The second kappa shape index (κ2) is 6.63. The Morgan fingerprint density at radius 3 is 2.71 bits per heavy atom. The van der Waals surface area contributed by atoms with Gasteiger partial charge in [-0.2, -0.15) is 0 Å². The highest BCUT2D eigenvalue weighted by molar-refractivity contribution is 5.37. The Bertz CT molecular complexity index is 632. The second-order valence-corrected chi connectivity index (χ2v) is 4.74. The Kier molecular flexibility index (Phi) is 4.85. The van der Waals surface area contributed by atoms with Gasteiger partial charge < -0.3 is 10.1 Å². The third-order valence-corrected chi connectivity index (χ3v) is 3.32. The van der Waals surface area contributed by atoms with Crippen LogP contribution in [0.15, 0.2) is 30.6 Å². The Morgan fingerprint density at radius 2 is 2.05 bits per heavy atom. The van der Waals surface area contributed by atoms with E-state index in [4.69, 9.17) is 4.74 Å². The summed E-state index contributed by atoms with van der Waals surface area (Å²) < 4.78 is 33.6. The van der Waals surface area contributed by atoms with E-state index in [9.17, 15) is 8.78 Å². The lowest BCUT2D eigenvalue weighted by molar-refractivity contribution is 0.411. The minimum Gasteiger partial charge on any atom is -0.495 e. The molecule has 0 aliphatic rings. The number of nitrogens with one attached hydrogen (secondary N) is 1. The Morgan fingerprint density at radius 1 is 1.29 bits per heavy atom. The first-order chi connectivity index (χ1) is 10.1. The van der Waals surface area contributed by atoms with Crippen LogP contribution in [0.4, 0.5) is 8.78 Å². The van der Waals surface area contributed by atoms with Gasteiger partial charge in [0.05, 0.1) is 19.3 Å². The van der Waals surface area contributed by atoms with Gasteiger partial charge in [-0.05, 0) is 36.7 Å². The smallest absolute Gasteiger partial charge is 0.137 e. The van der Waals surface area contributed by atoms with Crippen LogP contribution in [0.25, 0.3) is 0 Å². The minimum absolute atomic E-state index is 0.00639. The number of benzene rings is 1. The molecule has 0 fully saturated rings. The molecule has 0 spiro atoms. The number of methoxy groups -OCH3 is 1. The number of ether oxygens (including phenoxy) is 1. The first-order valence-corrected chi connectivity index (χ1v) is 6.75. The summed E-state index contributed by atoms with van der Waals surface area (Å²) in [6.07, 6.45) is 3.13. The maximum atomic E-state index is 14.4. The van der Waals surface area contributed by atoms with E-state index in [2.05, 4.69) is 10.3 Å². The summed E-state index contributed by atoms with van der Waals surface area (Å²) in [7, 11) is 1.52. The topological polar surface area (TPSA) is 34.2 Å². The van der Waals surface area contributed by atoms with Gasteiger partial charge in [0.15, 0.2) is 0 Å². The van der Waals surface area contributed by atoms with Crippen LogP contribution in [0.2, 0.25) is 0 Å². The maximum Gasteiger partial charge on any atom is 0.137 e. The van der Waals surface area contributed by atoms with Crippen LogP contribution in [0.3, 0.4) is 0 Å². The summed E-state index contributed by atoms with van der Waals surface area (Å²) in [6, 6.07) is 3.83. The van der Waals surface area contributed by atoms with Gasteiger partial charge in [-0.15, -0.1) is 0 Å². The van der Waals surface area contributed by atoms with Crippen molar-refractivity contribution < 1.29 is 13.5 Å². The largest absolute Gasteiger partial charge is 0.495 e. The predicted octanol–water partition coefficient (Wildman–Crippen LogP) is 3.38. The molecule has 0 radical (unpaired) electrons. The molecule has 0 amide bonds. The molecule has 1 N–H and O–H groups in total. The van der Waals surface area contributed by atoms with Crippen molar-refractivity contribution in [1.82, 2.24) is 10.3 Å². The van der Waals surface area contributed by atoms with Crippen LogP contribution in [-0.4, -0.2) is 18.6 Å². The number of nitrogens with zero attached hydrogens (tertiary/aromatic N) is 1. The first kappa shape index (κ1) is 15.4. The number of hydrogen-bond donors (Lipinski definition) is 1. The van der Waals surface area contributed by atoms with Gasteiger partial charge in [0.25, 0.3) is 0 Å². The van der Waals surface area contributed by atoms with E-state index < -0.39 is 17.7 Å². The van der Waals surface area contributed by atoms with Gasteiger partial charge in [0.1, 0.15) is 17.4 Å². The van der Waals surface area contributed by atoms with Crippen molar-refractivity contribution in [1.29, 1.82) is 0 Å². The third kappa shape index (κ3) is 3.19. The Hall–Kier alpha value is -2.01. The molecule has 1 heterocycles. The normalized spacial score (nSPS) is 12.2. The van der Waals surface area contributed by atoms with E-state index in [-0.39, 0.29) is 5.56 Å². The Labute approximate surface area is 123 Å². The highest BCUT2D eigenvalue weighted by Crippen LogP contribution is 2.29. The summed E-state index contributed by atoms with van der Waals surface area (Å²) in [5.41, 5.74) is 1.07. The van der Waals surface area contributed by atoms with Crippen LogP contribution in [0, 0.1) is 18.6 Å². The standard InChI is InChI=1S/C16H18F2N2O/c1-4-20-16(11-7-12(21-3)9-19-8-11)14-13(17)6-5-10(2)15(14)18/h5-9,16,20H,4H2,1-3H3. The van der Waals surface area contributed by atoms with Crippen LogP contribution in [0.5, 0.6) is 5.75 Å². The van der Waals surface area contributed by atoms with E-state index in [1.807, 2.05) is 6.92 Å². The molecule has 1 aromatic heterocycles. The molecule has 0 aliphatic heterocycles. The highest BCUT2D eigenvalue weighted by Gasteiger charge is 2.23. The number of rotatable bonds is 5. The maximum absolute atomic E-state index is 14.4. The predicted molar refractivity (Wildman–Crippen MR) is 77.4 cm³/mol. The van der Waals surface area contributed by atoms with Gasteiger partial charge in [-0.3, -0.25) is 4.98 Å². The van der Waals surface area contributed by atoms with Crippen molar-refractivity contribution in [3.63, 3.8) is 0 Å². The van der Waals surface area contributed by atoms with Gasteiger partial charge in [0.2, 0.25) is 0 Å². The molecule has 21 heavy (non-hydrogen) atoms. The third-order valence-electron chi connectivity index (χ3n) is 3.32. The zero-order chi connectivity index (χ0) is 15.4. The highest BCUT2D eigenvalue weighted by atomic mass is 19.1. The molecule has 0 aliphatic carbocycles. The minimum atomic E-state index is -0.613. The molecule has 2 aromatic rings. The molecule has 112 valence electrons. The van der Waals surface area contributed by atoms with Crippen LogP contribution >= 0.6 is 0 Å². The number of aryl methyl sites for hydroxylation is 1. The average molecular weight is 292 g/mol. The number of halogens is 2. The number of pyridine rings is 1. The molecule has 0 bridgehead atoms. The van der Waals surface area contributed by atoms with Crippen LogP contribution < -0.4 is 10.1 Å².